The van der Waals surface area contributed by atoms with Gasteiger partial charge in [0.25, 0.3) is 0 Å². The fraction of sp³-hybridized carbons (Fsp3) is 0.917. The van der Waals surface area contributed by atoms with E-state index in [0.717, 1.165) is 77.0 Å². The van der Waals surface area contributed by atoms with Crippen LogP contribution in [0.4, 0.5) is 0 Å². The summed E-state index contributed by atoms with van der Waals surface area (Å²) >= 11 is 0. The van der Waals surface area contributed by atoms with Crippen molar-refractivity contribution in [2.75, 3.05) is 26.9 Å². The van der Waals surface area contributed by atoms with Gasteiger partial charge in [0.1, 0.15) is 5.06 Å². The zero-order valence-electron chi connectivity index (χ0n) is 21.3. The summed E-state index contributed by atoms with van der Waals surface area (Å²) in [5.74, 6) is 0. The van der Waals surface area contributed by atoms with Gasteiger partial charge < -0.3 is 18.1 Å². The first kappa shape index (κ1) is 32.0. The van der Waals surface area contributed by atoms with E-state index in [1.54, 1.807) is 0 Å². The van der Waals surface area contributed by atoms with Crippen molar-refractivity contribution in [3.63, 3.8) is 0 Å². The maximum Gasteiger partial charge on any atom is 0.368 e. The Morgan fingerprint density at radius 1 is 0.562 bits per heavy atom. The lowest BCUT2D eigenvalue weighted by Crippen LogP contribution is -2.05. The highest BCUT2D eigenvalue weighted by molar-refractivity contribution is 7.78. The van der Waals surface area contributed by atoms with Gasteiger partial charge in [-0.05, 0) is 19.3 Å². The van der Waals surface area contributed by atoms with Crippen LogP contribution < -0.4 is 0 Å². The standard InChI is InChI=1S/C24H50O6P2/c1-6-9-12-15-18-21-28-31(25,27-5)24(4)32(26,29-22-19-16-13-10-7-2)30-23-20-17-14-11-8-3/h4,6-23H2,1-3,5H3. The van der Waals surface area contributed by atoms with Gasteiger partial charge in [-0.2, -0.15) is 0 Å². The second-order valence-corrected chi connectivity index (χ2v) is 12.9. The molecule has 0 aliphatic rings. The van der Waals surface area contributed by atoms with Crippen LogP contribution in [0.2, 0.25) is 0 Å². The van der Waals surface area contributed by atoms with Crippen LogP contribution in [0.5, 0.6) is 0 Å². The average molecular weight is 497 g/mol. The second kappa shape index (κ2) is 20.4. The molecule has 0 aliphatic carbocycles. The SMILES string of the molecule is C=C(P(=O)(OC)OCCCCCCC)P(=O)(OCCCCCCC)OCCCCCCC. The highest BCUT2D eigenvalue weighted by Gasteiger charge is 2.43. The molecule has 0 bridgehead atoms. The number of hydrogen-bond donors (Lipinski definition) is 0. The van der Waals surface area contributed by atoms with E-state index in [9.17, 15) is 9.13 Å². The van der Waals surface area contributed by atoms with Crippen LogP contribution in [-0.4, -0.2) is 26.9 Å². The molecule has 8 heteroatoms. The first-order valence-electron chi connectivity index (χ1n) is 12.8. The Hall–Kier alpha value is 0.0400. The molecule has 0 fully saturated rings. The van der Waals surface area contributed by atoms with E-state index in [4.69, 9.17) is 18.1 Å². The molecule has 0 saturated heterocycles. The van der Waals surface area contributed by atoms with E-state index in [0.29, 0.717) is 0 Å². The molecule has 192 valence electrons. The maximum absolute atomic E-state index is 13.6. The smallest absolute Gasteiger partial charge is 0.308 e. The van der Waals surface area contributed by atoms with Gasteiger partial charge in [0.2, 0.25) is 0 Å². The largest absolute Gasteiger partial charge is 0.368 e. The van der Waals surface area contributed by atoms with Gasteiger partial charge in [-0.25, -0.2) is 0 Å². The Kier molecular flexibility index (Phi) is 20.4. The zero-order chi connectivity index (χ0) is 24.1. The lowest BCUT2D eigenvalue weighted by atomic mass is 10.2. The summed E-state index contributed by atoms with van der Waals surface area (Å²) in [4.78, 5) is 0. The molecule has 0 rings (SSSR count). The number of unbranched alkanes of at least 4 members (excludes halogenated alkanes) is 12. The first-order valence-corrected chi connectivity index (χ1v) is 15.9. The Labute approximate surface area is 198 Å². The molecular weight excluding hydrogens is 446 g/mol. The molecule has 0 aromatic rings. The van der Waals surface area contributed by atoms with Crippen LogP contribution in [-0.2, 0) is 27.2 Å². The van der Waals surface area contributed by atoms with Gasteiger partial charge in [-0.15, -0.1) is 0 Å². The summed E-state index contributed by atoms with van der Waals surface area (Å²) in [6.45, 7) is 11.1. The van der Waals surface area contributed by atoms with E-state index in [-0.39, 0.29) is 24.9 Å². The topological polar surface area (TPSA) is 71.1 Å². The normalized spacial score (nSPS) is 13.9. The van der Waals surface area contributed by atoms with Crippen LogP contribution in [0.1, 0.15) is 117 Å². The molecule has 0 heterocycles. The minimum atomic E-state index is -3.83. The fourth-order valence-corrected chi connectivity index (χ4v) is 7.15. The molecule has 0 aliphatic heterocycles. The minimum absolute atomic E-state index is 0.178. The maximum atomic E-state index is 13.6. The lowest BCUT2D eigenvalue weighted by molar-refractivity contribution is 0.200. The van der Waals surface area contributed by atoms with Crippen molar-refractivity contribution in [2.24, 2.45) is 0 Å². The predicted octanol–water partition coefficient (Wildman–Crippen LogP) is 9.45. The Bertz CT molecular complexity index is 533. The first-order chi connectivity index (χ1) is 15.4. The van der Waals surface area contributed by atoms with Gasteiger partial charge in [0, 0.05) is 7.11 Å². The molecule has 0 saturated carbocycles. The van der Waals surface area contributed by atoms with Gasteiger partial charge in [0.15, 0.2) is 0 Å². The van der Waals surface area contributed by atoms with Crippen molar-refractivity contribution < 1.29 is 27.2 Å². The van der Waals surface area contributed by atoms with Gasteiger partial charge >= 0.3 is 15.2 Å². The molecule has 32 heavy (non-hydrogen) atoms. The van der Waals surface area contributed by atoms with Crippen molar-refractivity contribution in [1.29, 1.82) is 0 Å². The van der Waals surface area contributed by atoms with E-state index >= 15 is 0 Å². The molecule has 0 N–H and O–H groups in total. The lowest BCUT2D eigenvalue weighted by Gasteiger charge is -2.25. The highest BCUT2D eigenvalue weighted by Crippen LogP contribution is 2.73. The molecule has 1 unspecified atom stereocenters. The van der Waals surface area contributed by atoms with Crippen molar-refractivity contribution in [3.8, 4) is 0 Å². The highest BCUT2D eigenvalue weighted by atomic mass is 31.2. The van der Waals surface area contributed by atoms with E-state index in [2.05, 4.69) is 27.4 Å². The summed E-state index contributed by atoms with van der Waals surface area (Å²) in [5.41, 5.74) is 0. The van der Waals surface area contributed by atoms with Crippen LogP contribution in [0.3, 0.4) is 0 Å². The molecule has 0 radical (unpaired) electrons. The van der Waals surface area contributed by atoms with Crippen LogP contribution in [0.25, 0.3) is 0 Å². The van der Waals surface area contributed by atoms with Crippen LogP contribution >= 0.6 is 15.2 Å². The third-order valence-electron chi connectivity index (χ3n) is 5.40. The minimum Gasteiger partial charge on any atom is -0.308 e. The van der Waals surface area contributed by atoms with Crippen molar-refractivity contribution in [1.82, 2.24) is 0 Å². The summed E-state index contributed by atoms with van der Waals surface area (Å²) in [5, 5.41) is -0.178. The van der Waals surface area contributed by atoms with E-state index < -0.39 is 15.2 Å². The molecule has 0 amide bonds. The molecule has 0 spiro atoms. The molecule has 0 aromatic carbocycles. The van der Waals surface area contributed by atoms with Crippen molar-refractivity contribution in [3.05, 3.63) is 11.6 Å². The molecular formula is C24H50O6P2. The summed E-state index contributed by atoms with van der Waals surface area (Å²) < 4.78 is 49.1. The van der Waals surface area contributed by atoms with Crippen molar-refractivity contribution in [2.45, 2.75) is 117 Å². The fourth-order valence-electron chi connectivity index (χ4n) is 3.24. The molecule has 0 aromatic heterocycles. The Balaban J connectivity index is 4.92. The van der Waals surface area contributed by atoms with E-state index in [1.165, 1.54) is 26.4 Å². The third kappa shape index (κ3) is 14.3. The van der Waals surface area contributed by atoms with Crippen LogP contribution in [0, 0.1) is 0 Å². The summed E-state index contributed by atoms with van der Waals surface area (Å²) in [6.07, 6.45) is 15.6. The summed E-state index contributed by atoms with van der Waals surface area (Å²) in [6, 6.07) is 0. The van der Waals surface area contributed by atoms with Gasteiger partial charge in [-0.3, -0.25) is 9.13 Å². The quantitative estimate of drug-likeness (QED) is 0.0979. The summed E-state index contributed by atoms with van der Waals surface area (Å²) in [7, 11) is -6.35. The Morgan fingerprint density at radius 2 is 0.875 bits per heavy atom. The second-order valence-electron chi connectivity index (χ2n) is 8.34. The van der Waals surface area contributed by atoms with Gasteiger partial charge in [-0.1, -0.05) is 104 Å². The third-order valence-corrected chi connectivity index (χ3v) is 10.2. The molecule has 6 nitrogen and oxygen atoms in total. The number of rotatable bonds is 24. The predicted molar refractivity (Wildman–Crippen MR) is 135 cm³/mol. The number of hydrogen-bond acceptors (Lipinski definition) is 6. The van der Waals surface area contributed by atoms with Crippen LogP contribution in [0.15, 0.2) is 11.6 Å². The zero-order valence-corrected chi connectivity index (χ0v) is 23.1. The van der Waals surface area contributed by atoms with E-state index in [1.807, 2.05) is 0 Å². The van der Waals surface area contributed by atoms with Crippen molar-refractivity contribution >= 4 is 15.2 Å². The Morgan fingerprint density at radius 3 is 1.19 bits per heavy atom. The monoisotopic (exact) mass is 496 g/mol. The molecule has 1 atom stereocenters. The van der Waals surface area contributed by atoms with Gasteiger partial charge in [0.05, 0.1) is 19.8 Å². The average Bonchev–Trinajstić information content (AvgIpc) is 2.80.